The first-order chi connectivity index (χ1) is 3.98. The molecule has 0 fully saturated rings. The first-order valence-electron chi connectivity index (χ1n) is 2.51. The highest BCUT2D eigenvalue weighted by molar-refractivity contribution is 7.52. The Labute approximate surface area is 53.7 Å². The zero-order valence-corrected chi connectivity index (χ0v) is 5.79. The Morgan fingerprint density at radius 1 is 1.56 bits per heavy atom. The van der Waals surface area contributed by atoms with Crippen molar-refractivity contribution < 1.29 is 19.5 Å². The summed E-state index contributed by atoms with van der Waals surface area (Å²) >= 11 is 0. The lowest BCUT2D eigenvalue weighted by atomic mass is 10.4. The third kappa shape index (κ3) is 3.65. The molecule has 0 aromatic heterocycles. The van der Waals surface area contributed by atoms with Crippen molar-refractivity contribution in [1.82, 2.24) is 0 Å². The van der Waals surface area contributed by atoms with Gasteiger partial charge >= 0.3 is 7.60 Å². The Bertz CT molecular complexity index is 118. The van der Waals surface area contributed by atoms with Crippen LogP contribution in [-0.4, -0.2) is 20.7 Å². The van der Waals surface area contributed by atoms with Crippen LogP contribution in [-0.2, 0) is 4.57 Å². The standard InChI is InChI=1S/C4H10O4P/c1-2-3-4(5)9(6,7)8/h4-5H,1-3H2,(H2,6,7,8). The van der Waals surface area contributed by atoms with E-state index >= 15 is 0 Å². The van der Waals surface area contributed by atoms with E-state index in [2.05, 4.69) is 6.92 Å². The average molecular weight is 153 g/mol. The smallest absolute Gasteiger partial charge is 0.353 e. The van der Waals surface area contributed by atoms with Crippen molar-refractivity contribution in [3.05, 3.63) is 6.92 Å². The lowest BCUT2D eigenvalue weighted by molar-refractivity contribution is 0.194. The number of aliphatic hydroxyl groups is 1. The molecule has 5 heteroatoms. The molecule has 0 aromatic carbocycles. The molecule has 3 N–H and O–H groups in total. The van der Waals surface area contributed by atoms with Gasteiger partial charge in [0.25, 0.3) is 0 Å². The van der Waals surface area contributed by atoms with Crippen LogP contribution >= 0.6 is 7.60 Å². The molecule has 0 aliphatic carbocycles. The number of aliphatic hydroxyl groups excluding tert-OH is 1. The van der Waals surface area contributed by atoms with Crippen molar-refractivity contribution >= 4 is 7.60 Å². The van der Waals surface area contributed by atoms with Crippen LogP contribution in [0.15, 0.2) is 0 Å². The normalized spacial score (nSPS) is 15.6. The van der Waals surface area contributed by atoms with E-state index in [0.29, 0.717) is 6.42 Å². The van der Waals surface area contributed by atoms with Crippen molar-refractivity contribution in [1.29, 1.82) is 0 Å². The summed E-state index contributed by atoms with van der Waals surface area (Å²) in [6, 6.07) is 0. The van der Waals surface area contributed by atoms with Gasteiger partial charge < -0.3 is 14.9 Å². The fraction of sp³-hybridized carbons (Fsp3) is 0.750. The summed E-state index contributed by atoms with van der Waals surface area (Å²) in [7, 11) is -4.26. The Morgan fingerprint density at radius 2 is 2.00 bits per heavy atom. The molecule has 0 aromatic rings. The van der Waals surface area contributed by atoms with Gasteiger partial charge in [0.15, 0.2) is 5.85 Å². The molecule has 0 amide bonds. The maximum absolute atomic E-state index is 10.1. The van der Waals surface area contributed by atoms with Crippen LogP contribution in [0.5, 0.6) is 0 Å². The van der Waals surface area contributed by atoms with E-state index in [9.17, 15) is 4.57 Å². The van der Waals surface area contributed by atoms with Crippen LogP contribution < -0.4 is 0 Å². The van der Waals surface area contributed by atoms with Crippen molar-refractivity contribution in [2.24, 2.45) is 0 Å². The van der Waals surface area contributed by atoms with Gasteiger partial charge in [-0.3, -0.25) is 4.57 Å². The van der Waals surface area contributed by atoms with Gasteiger partial charge in [0.05, 0.1) is 0 Å². The Morgan fingerprint density at radius 3 is 2.11 bits per heavy atom. The van der Waals surface area contributed by atoms with Gasteiger partial charge in [-0.2, -0.15) is 0 Å². The molecule has 55 valence electrons. The maximum Gasteiger partial charge on any atom is 0.353 e. The minimum absolute atomic E-state index is 0.0459. The molecule has 0 aliphatic rings. The van der Waals surface area contributed by atoms with E-state index < -0.39 is 13.4 Å². The molecule has 0 saturated carbocycles. The maximum atomic E-state index is 10.1. The van der Waals surface area contributed by atoms with Crippen molar-refractivity contribution in [3.63, 3.8) is 0 Å². The summed E-state index contributed by atoms with van der Waals surface area (Å²) in [6.45, 7) is 3.34. The van der Waals surface area contributed by atoms with Crippen LogP contribution in [0, 0.1) is 6.92 Å². The topological polar surface area (TPSA) is 77.8 Å². The lowest BCUT2D eigenvalue weighted by Gasteiger charge is -2.09. The molecular weight excluding hydrogens is 143 g/mol. The zero-order valence-electron chi connectivity index (χ0n) is 4.90. The summed E-state index contributed by atoms with van der Waals surface area (Å²) < 4.78 is 10.1. The third-order valence-corrected chi connectivity index (χ3v) is 1.89. The molecule has 0 heterocycles. The van der Waals surface area contributed by atoms with Gasteiger partial charge in [-0.15, -0.1) is 0 Å². The molecule has 0 bridgehead atoms. The highest BCUT2D eigenvalue weighted by Crippen LogP contribution is 2.41. The van der Waals surface area contributed by atoms with Crippen molar-refractivity contribution in [3.8, 4) is 0 Å². The van der Waals surface area contributed by atoms with Crippen LogP contribution in [0.25, 0.3) is 0 Å². The summed E-state index contributed by atoms with van der Waals surface area (Å²) in [4.78, 5) is 16.5. The molecule has 1 radical (unpaired) electrons. The second kappa shape index (κ2) is 3.32. The molecule has 4 nitrogen and oxygen atoms in total. The van der Waals surface area contributed by atoms with E-state index in [4.69, 9.17) is 14.9 Å². The number of hydrogen-bond acceptors (Lipinski definition) is 2. The van der Waals surface area contributed by atoms with Crippen LogP contribution in [0.2, 0.25) is 0 Å². The van der Waals surface area contributed by atoms with Gasteiger partial charge in [-0.1, -0.05) is 13.3 Å². The highest BCUT2D eigenvalue weighted by Gasteiger charge is 2.24. The number of rotatable bonds is 3. The number of hydrogen-bond donors (Lipinski definition) is 3. The Balaban J connectivity index is 3.74. The van der Waals surface area contributed by atoms with Gasteiger partial charge in [0, 0.05) is 0 Å². The Kier molecular flexibility index (Phi) is 3.36. The Hall–Kier alpha value is 0.110. The molecule has 1 unspecified atom stereocenters. The predicted molar refractivity (Wildman–Crippen MR) is 32.6 cm³/mol. The zero-order chi connectivity index (χ0) is 7.49. The SMILES string of the molecule is [CH2]CCC(O)P(=O)(O)O. The summed E-state index contributed by atoms with van der Waals surface area (Å²) in [5.41, 5.74) is 0. The van der Waals surface area contributed by atoms with E-state index in [1.807, 2.05) is 0 Å². The average Bonchev–Trinajstić information content (AvgIpc) is 1.64. The second-order valence-corrected chi connectivity index (χ2v) is 3.49. The van der Waals surface area contributed by atoms with Gasteiger partial charge in [0.2, 0.25) is 0 Å². The molecule has 0 spiro atoms. The minimum Gasteiger partial charge on any atom is -0.380 e. The summed E-state index contributed by atoms with van der Waals surface area (Å²) in [6.07, 6.45) is 0.372. The fourth-order valence-corrected chi connectivity index (χ4v) is 0.870. The van der Waals surface area contributed by atoms with Crippen molar-refractivity contribution in [2.75, 3.05) is 0 Å². The largest absolute Gasteiger partial charge is 0.380 e. The van der Waals surface area contributed by atoms with Gasteiger partial charge in [-0.05, 0) is 6.42 Å². The molecular formula is C4H10O4P. The van der Waals surface area contributed by atoms with Crippen molar-refractivity contribution in [2.45, 2.75) is 18.7 Å². The molecule has 0 aliphatic heterocycles. The molecule has 9 heavy (non-hydrogen) atoms. The van der Waals surface area contributed by atoms with E-state index in [1.54, 1.807) is 0 Å². The lowest BCUT2D eigenvalue weighted by Crippen LogP contribution is -2.05. The monoisotopic (exact) mass is 153 g/mol. The van der Waals surface area contributed by atoms with Crippen LogP contribution in [0.4, 0.5) is 0 Å². The molecule has 0 saturated heterocycles. The van der Waals surface area contributed by atoms with Crippen LogP contribution in [0.1, 0.15) is 12.8 Å². The third-order valence-electron chi connectivity index (χ3n) is 0.851. The first kappa shape index (κ1) is 9.11. The van der Waals surface area contributed by atoms with Gasteiger partial charge in [-0.25, -0.2) is 0 Å². The predicted octanol–water partition coefficient (Wildman–Crippen LogP) is 0.0968. The fourth-order valence-electron chi connectivity index (χ4n) is 0.351. The second-order valence-electron chi connectivity index (χ2n) is 1.71. The van der Waals surface area contributed by atoms with E-state index in [-0.39, 0.29) is 6.42 Å². The quantitative estimate of drug-likeness (QED) is 0.502. The minimum atomic E-state index is -4.26. The molecule has 0 rings (SSSR count). The van der Waals surface area contributed by atoms with Crippen LogP contribution in [0.3, 0.4) is 0 Å². The van der Waals surface area contributed by atoms with E-state index in [0.717, 1.165) is 0 Å². The highest BCUT2D eigenvalue weighted by atomic mass is 31.2. The molecule has 1 atom stereocenters. The van der Waals surface area contributed by atoms with Gasteiger partial charge in [0.1, 0.15) is 0 Å². The summed E-state index contributed by atoms with van der Waals surface area (Å²) in [5, 5.41) is 8.58. The van der Waals surface area contributed by atoms with E-state index in [1.165, 1.54) is 0 Å². The first-order valence-corrected chi connectivity index (χ1v) is 4.19. The summed E-state index contributed by atoms with van der Waals surface area (Å²) in [5.74, 6) is -1.53.